The lowest BCUT2D eigenvalue weighted by Crippen LogP contribution is -1.98. The van der Waals surface area contributed by atoms with E-state index in [4.69, 9.17) is 16.9 Å². The normalized spacial score (nSPS) is 10.4. The first-order chi connectivity index (χ1) is 10.8. The number of halogens is 1. The van der Waals surface area contributed by atoms with Gasteiger partial charge in [-0.05, 0) is 30.2 Å². The van der Waals surface area contributed by atoms with Gasteiger partial charge in [0.1, 0.15) is 5.69 Å². The highest BCUT2D eigenvalue weighted by molar-refractivity contribution is 6.31. The van der Waals surface area contributed by atoms with Gasteiger partial charge in [0, 0.05) is 24.0 Å². The van der Waals surface area contributed by atoms with Crippen molar-refractivity contribution < 1.29 is 0 Å². The van der Waals surface area contributed by atoms with Gasteiger partial charge in [0.15, 0.2) is 0 Å². The molecule has 0 unspecified atom stereocenters. The molecular formula is C17H13ClN4. The summed E-state index contributed by atoms with van der Waals surface area (Å²) in [6.45, 7) is 0.786. The Morgan fingerprint density at radius 3 is 2.82 bits per heavy atom. The third-order valence-corrected chi connectivity index (χ3v) is 3.75. The number of imidazole rings is 1. The molecule has 0 aliphatic heterocycles. The lowest BCUT2D eigenvalue weighted by atomic mass is 10.1. The summed E-state index contributed by atoms with van der Waals surface area (Å²) in [6.07, 6.45) is 6.16. The molecule has 0 aliphatic carbocycles. The summed E-state index contributed by atoms with van der Waals surface area (Å²) in [7, 11) is 0. The minimum absolute atomic E-state index is 0.579. The zero-order valence-corrected chi connectivity index (χ0v) is 12.5. The Hall–Kier alpha value is -2.64. The second kappa shape index (κ2) is 6.42. The minimum Gasteiger partial charge on any atom is -0.336 e. The van der Waals surface area contributed by atoms with E-state index in [1.807, 2.05) is 35.0 Å². The van der Waals surface area contributed by atoms with E-state index in [0.717, 1.165) is 29.2 Å². The van der Waals surface area contributed by atoms with Crippen LogP contribution in [0.2, 0.25) is 5.02 Å². The van der Waals surface area contributed by atoms with Crippen molar-refractivity contribution >= 4 is 11.6 Å². The van der Waals surface area contributed by atoms with Crippen LogP contribution in [0.3, 0.4) is 0 Å². The van der Waals surface area contributed by atoms with Crippen LogP contribution >= 0.6 is 11.6 Å². The Balaban J connectivity index is 1.74. The summed E-state index contributed by atoms with van der Waals surface area (Å²) in [5.41, 5.74) is 3.16. The molecule has 0 N–H and O–H groups in total. The Kier molecular flexibility index (Phi) is 4.17. The van der Waals surface area contributed by atoms with Gasteiger partial charge in [-0.25, -0.2) is 4.98 Å². The molecule has 0 spiro atoms. The molecular weight excluding hydrogens is 296 g/mol. The number of aromatic nitrogens is 3. The number of hydrogen-bond acceptors (Lipinski definition) is 3. The summed E-state index contributed by atoms with van der Waals surface area (Å²) in [6, 6.07) is 13.4. The Labute approximate surface area is 133 Å². The predicted octanol–water partition coefficient (Wildman–Crippen LogP) is 3.71. The van der Waals surface area contributed by atoms with Gasteiger partial charge in [-0.15, -0.1) is 0 Å². The molecule has 0 bridgehead atoms. The van der Waals surface area contributed by atoms with Crippen molar-refractivity contribution in [3.05, 3.63) is 71.3 Å². The highest BCUT2D eigenvalue weighted by Gasteiger charge is 2.05. The quantitative estimate of drug-likeness (QED) is 0.738. The summed E-state index contributed by atoms with van der Waals surface area (Å²) >= 11 is 6.16. The summed E-state index contributed by atoms with van der Waals surface area (Å²) in [5, 5.41) is 9.72. The molecule has 5 heteroatoms. The van der Waals surface area contributed by atoms with Gasteiger partial charge < -0.3 is 4.57 Å². The molecule has 0 amide bonds. The van der Waals surface area contributed by atoms with Crippen LogP contribution in [-0.2, 0) is 13.0 Å². The first kappa shape index (κ1) is 14.3. The average Bonchev–Trinajstić information content (AvgIpc) is 3.03. The molecule has 0 aliphatic rings. The smallest absolute Gasteiger partial charge is 0.107 e. The minimum atomic E-state index is 0.579. The number of benzene rings is 1. The maximum atomic E-state index is 8.93. The van der Waals surface area contributed by atoms with Gasteiger partial charge in [0.25, 0.3) is 0 Å². The lowest BCUT2D eigenvalue weighted by molar-refractivity contribution is 0.696. The summed E-state index contributed by atoms with van der Waals surface area (Å²) in [5.74, 6) is 0. The van der Waals surface area contributed by atoms with Crippen LogP contribution < -0.4 is 0 Å². The van der Waals surface area contributed by atoms with Crippen molar-refractivity contribution in [2.75, 3.05) is 0 Å². The summed E-state index contributed by atoms with van der Waals surface area (Å²) in [4.78, 5) is 8.61. The Morgan fingerprint density at radius 2 is 2.00 bits per heavy atom. The van der Waals surface area contributed by atoms with E-state index in [9.17, 15) is 0 Å². The maximum absolute atomic E-state index is 8.93. The van der Waals surface area contributed by atoms with Crippen LogP contribution in [0.15, 0.2) is 55.1 Å². The molecule has 0 saturated carbocycles. The van der Waals surface area contributed by atoms with Crippen LogP contribution in [0.5, 0.6) is 0 Å². The average molecular weight is 309 g/mol. The fourth-order valence-electron chi connectivity index (χ4n) is 2.21. The van der Waals surface area contributed by atoms with E-state index >= 15 is 0 Å². The van der Waals surface area contributed by atoms with Gasteiger partial charge in [-0.1, -0.05) is 29.8 Å². The number of nitrogens with zero attached hydrogens (tertiary/aromatic N) is 4. The molecule has 0 atom stereocenters. The molecule has 0 saturated heterocycles. The van der Waals surface area contributed by atoms with Crippen LogP contribution in [0.1, 0.15) is 11.1 Å². The fourth-order valence-corrected chi connectivity index (χ4v) is 2.44. The van der Waals surface area contributed by atoms with Crippen molar-refractivity contribution in [1.82, 2.24) is 14.5 Å². The molecule has 0 fully saturated rings. The maximum Gasteiger partial charge on any atom is 0.107 e. The molecule has 108 valence electrons. The first-order valence-corrected chi connectivity index (χ1v) is 7.26. The third-order valence-electron chi connectivity index (χ3n) is 3.38. The van der Waals surface area contributed by atoms with E-state index in [1.54, 1.807) is 24.7 Å². The zero-order valence-electron chi connectivity index (χ0n) is 11.8. The number of hydrogen-bond donors (Lipinski definition) is 0. The topological polar surface area (TPSA) is 54.5 Å². The Morgan fingerprint density at radius 1 is 1.14 bits per heavy atom. The first-order valence-electron chi connectivity index (χ1n) is 6.88. The SMILES string of the molecule is N#Cc1ccnc(-c2cn(CCc3ccccc3Cl)cn2)c1. The number of pyridine rings is 1. The fraction of sp³-hybridized carbons (Fsp3) is 0.118. The second-order valence-corrected chi connectivity index (χ2v) is 5.29. The standard InChI is InChI=1S/C17H13ClN4/c18-15-4-2-1-3-14(15)6-8-22-11-17(21-12-22)16-9-13(10-19)5-7-20-16/h1-5,7,9,11-12H,6,8H2. The van der Waals surface area contributed by atoms with Gasteiger partial charge >= 0.3 is 0 Å². The monoisotopic (exact) mass is 308 g/mol. The van der Waals surface area contributed by atoms with Crippen molar-refractivity contribution in [3.63, 3.8) is 0 Å². The molecule has 3 rings (SSSR count). The van der Waals surface area contributed by atoms with Crippen molar-refractivity contribution in [2.45, 2.75) is 13.0 Å². The number of aryl methyl sites for hydroxylation is 2. The van der Waals surface area contributed by atoms with E-state index in [2.05, 4.69) is 16.0 Å². The third kappa shape index (κ3) is 3.16. The number of nitriles is 1. The molecule has 4 nitrogen and oxygen atoms in total. The largest absolute Gasteiger partial charge is 0.336 e. The van der Waals surface area contributed by atoms with E-state index < -0.39 is 0 Å². The van der Waals surface area contributed by atoms with Gasteiger partial charge in [0.2, 0.25) is 0 Å². The van der Waals surface area contributed by atoms with E-state index in [0.29, 0.717) is 11.3 Å². The summed E-state index contributed by atoms with van der Waals surface area (Å²) < 4.78 is 2.00. The van der Waals surface area contributed by atoms with Crippen molar-refractivity contribution in [1.29, 1.82) is 5.26 Å². The lowest BCUT2D eigenvalue weighted by Gasteiger charge is -2.04. The molecule has 3 aromatic rings. The van der Waals surface area contributed by atoms with E-state index in [-0.39, 0.29) is 0 Å². The van der Waals surface area contributed by atoms with Crippen LogP contribution in [0, 0.1) is 11.3 Å². The second-order valence-electron chi connectivity index (χ2n) is 4.88. The highest BCUT2D eigenvalue weighted by Crippen LogP contribution is 2.18. The highest BCUT2D eigenvalue weighted by atomic mass is 35.5. The predicted molar refractivity (Wildman–Crippen MR) is 85.3 cm³/mol. The molecule has 0 radical (unpaired) electrons. The van der Waals surface area contributed by atoms with Crippen molar-refractivity contribution in [3.8, 4) is 17.5 Å². The van der Waals surface area contributed by atoms with Gasteiger partial charge in [-0.3, -0.25) is 4.98 Å². The molecule has 2 aromatic heterocycles. The zero-order chi connectivity index (χ0) is 15.4. The molecule has 1 aromatic carbocycles. The number of rotatable bonds is 4. The van der Waals surface area contributed by atoms with Gasteiger partial charge in [-0.2, -0.15) is 5.26 Å². The van der Waals surface area contributed by atoms with Crippen LogP contribution in [0.25, 0.3) is 11.4 Å². The van der Waals surface area contributed by atoms with E-state index in [1.165, 1.54) is 0 Å². The Bertz CT molecular complexity index is 832. The van der Waals surface area contributed by atoms with Crippen molar-refractivity contribution in [2.24, 2.45) is 0 Å². The van der Waals surface area contributed by atoms with Crippen LogP contribution in [0.4, 0.5) is 0 Å². The molecule has 22 heavy (non-hydrogen) atoms. The van der Waals surface area contributed by atoms with Gasteiger partial charge in [0.05, 0.1) is 23.7 Å². The van der Waals surface area contributed by atoms with Crippen LogP contribution in [-0.4, -0.2) is 14.5 Å². The molecule has 2 heterocycles.